The van der Waals surface area contributed by atoms with Gasteiger partial charge in [0.25, 0.3) is 5.91 Å². The second-order valence-electron chi connectivity index (χ2n) is 11.2. The molecule has 1 aromatic rings. The zero-order valence-corrected chi connectivity index (χ0v) is 26.1. The average molecular weight is 594 g/mol. The van der Waals surface area contributed by atoms with Crippen LogP contribution in [-0.4, -0.2) is 102 Å². The normalized spacial score (nSPS) is 19.8. The standard InChI is InChI=1S/C26H44N6O3S.2ClH/c1-18(2)17-32(20-13-19(14-27-15-20)23(33)31-8-10-35-11-9-31)24(34)21-16-29-25(26(3,4)5)30-22(21)28-7-12-36-6;;/h16,18-20,27H,7-15,17H2,1-6H3,(H,28,29,30);2*1H/t19-,20+;;/m1../s1. The SMILES string of the molecule is CSCCNc1nc(C(C)(C)C)ncc1C(=O)N(CC(C)C)[C@@H]1CNC[C@H](C(=O)N2CCOCC2)C1.Cl.Cl. The molecule has 0 aromatic carbocycles. The highest BCUT2D eigenvalue weighted by molar-refractivity contribution is 7.98. The summed E-state index contributed by atoms with van der Waals surface area (Å²) in [7, 11) is 0. The summed E-state index contributed by atoms with van der Waals surface area (Å²) < 4.78 is 5.41. The van der Waals surface area contributed by atoms with Gasteiger partial charge in [0.05, 0.1) is 19.1 Å². The van der Waals surface area contributed by atoms with Gasteiger partial charge in [-0.1, -0.05) is 34.6 Å². The second-order valence-corrected chi connectivity index (χ2v) is 12.1. The Hall–Kier alpha value is -1.33. The van der Waals surface area contributed by atoms with Gasteiger partial charge in [-0.2, -0.15) is 11.8 Å². The van der Waals surface area contributed by atoms with Gasteiger partial charge in [-0.15, -0.1) is 24.8 Å². The Balaban J connectivity index is 0.00000361. The third kappa shape index (κ3) is 9.40. The van der Waals surface area contributed by atoms with Crippen LogP contribution in [0.4, 0.5) is 5.82 Å². The summed E-state index contributed by atoms with van der Waals surface area (Å²) in [6, 6.07) is -0.0787. The number of amides is 2. The highest BCUT2D eigenvalue weighted by Gasteiger charge is 2.36. The van der Waals surface area contributed by atoms with Crippen molar-refractivity contribution in [3.8, 4) is 0 Å². The van der Waals surface area contributed by atoms with E-state index in [4.69, 9.17) is 9.72 Å². The Morgan fingerprint density at radius 3 is 2.53 bits per heavy atom. The van der Waals surface area contributed by atoms with Gasteiger partial charge < -0.3 is 25.2 Å². The maximum absolute atomic E-state index is 14.0. The number of morpholine rings is 1. The predicted molar refractivity (Wildman–Crippen MR) is 160 cm³/mol. The Labute approximate surface area is 244 Å². The Morgan fingerprint density at radius 2 is 1.92 bits per heavy atom. The molecule has 3 heterocycles. The maximum atomic E-state index is 14.0. The molecule has 9 nitrogen and oxygen atoms in total. The van der Waals surface area contributed by atoms with Crippen molar-refractivity contribution >= 4 is 54.2 Å². The molecule has 2 saturated heterocycles. The number of thioether (sulfide) groups is 1. The largest absolute Gasteiger partial charge is 0.378 e. The Morgan fingerprint density at radius 1 is 1.24 bits per heavy atom. The lowest BCUT2D eigenvalue weighted by Gasteiger charge is -2.40. The maximum Gasteiger partial charge on any atom is 0.259 e. The lowest BCUT2D eigenvalue weighted by molar-refractivity contribution is -0.140. The molecule has 38 heavy (non-hydrogen) atoms. The van der Waals surface area contributed by atoms with Crippen molar-refractivity contribution in [2.75, 3.05) is 69.8 Å². The molecule has 2 aliphatic rings. The number of carbonyl (C=O) groups is 2. The zero-order chi connectivity index (χ0) is 26.3. The monoisotopic (exact) mass is 592 g/mol. The molecule has 2 aliphatic heterocycles. The van der Waals surface area contributed by atoms with Crippen LogP contribution in [0.15, 0.2) is 6.20 Å². The molecule has 1 aromatic heterocycles. The Bertz CT molecular complexity index is 896. The fraction of sp³-hybridized carbons (Fsp3) is 0.769. The number of halogens is 2. The predicted octanol–water partition coefficient (Wildman–Crippen LogP) is 3.33. The van der Waals surface area contributed by atoms with Crippen LogP contribution in [0.3, 0.4) is 0 Å². The molecule has 0 bridgehead atoms. The number of carbonyl (C=O) groups excluding carboxylic acids is 2. The number of hydrogen-bond donors (Lipinski definition) is 2. The minimum absolute atomic E-state index is 0. The summed E-state index contributed by atoms with van der Waals surface area (Å²) >= 11 is 1.74. The number of anilines is 1. The van der Waals surface area contributed by atoms with E-state index < -0.39 is 0 Å². The van der Waals surface area contributed by atoms with Crippen molar-refractivity contribution in [3.63, 3.8) is 0 Å². The van der Waals surface area contributed by atoms with E-state index in [1.807, 2.05) is 9.80 Å². The average Bonchev–Trinajstić information content (AvgIpc) is 2.86. The van der Waals surface area contributed by atoms with Crippen molar-refractivity contribution < 1.29 is 14.3 Å². The van der Waals surface area contributed by atoms with Crippen LogP contribution in [-0.2, 0) is 14.9 Å². The van der Waals surface area contributed by atoms with Crippen LogP contribution in [0, 0.1) is 11.8 Å². The summed E-state index contributed by atoms with van der Waals surface area (Å²) in [6.45, 7) is 15.5. The summed E-state index contributed by atoms with van der Waals surface area (Å²) in [4.78, 5) is 40.4. The van der Waals surface area contributed by atoms with Crippen LogP contribution in [0.5, 0.6) is 0 Å². The number of nitrogens with one attached hydrogen (secondary N) is 2. The van der Waals surface area contributed by atoms with Gasteiger partial charge in [0.15, 0.2) is 0 Å². The van der Waals surface area contributed by atoms with E-state index in [0.29, 0.717) is 76.1 Å². The molecule has 0 saturated carbocycles. The molecular formula is C26H46Cl2N6O3S. The van der Waals surface area contributed by atoms with E-state index in [2.05, 4.69) is 56.5 Å². The van der Waals surface area contributed by atoms with Crippen molar-refractivity contribution in [2.45, 2.75) is 52.5 Å². The molecular weight excluding hydrogens is 547 g/mol. The summed E-state index contributed by atoms with van der Waals surface area (Å²) in [5.74, 6) is 2.42. The van der Waals surface area contributed by atoms with Gasteiger partial charge >= 0.3 is 0 Å². The van der Waals surface area contributed by atoms with Crippen molar-refractivity contribution in [2.24, 2.45) is 11.8 Å². The second kappa shape index (κ2) is 16.1. The van der Waals surface area contributed by atoms with Gasteiger partial charge in [-0.05, 0) is 18.6 Å². The van der Waals surface area contributed by atoms with Gasteiger partial charge in [0, 0.05) is 62.7 Å². The number of hydrogen-bond acceptors (Lipinski definition) is 8. The van der Waals surface area contributed by atoms with Crippen molar-refractivity contribution in [3.05, 3.63) is 17.6 Å². The van der Waals surface area contributed by atoms with Crippen molar-refractivity contribution in [1.82, 2.24) is 25.1 Å². The smallest absolute Gasteiger partial charge is 0.259 e. The molecule has 3 rings (SSSR count). The van der Waals surface area contributed by atoms with E-state index in [-0.39, 0.29) is 59.9 Å². The number of piperidine rings is 1. The van der Waals surface area contributed by atoms with Gasteiger partial charge in [0.1, 0.15) is 17.2 Å². The molecule has 0 radical (unpaired) electrons. The van der Waals surface area contributed by atoms with Gasteiger partial charge in [-0.25, -0.2) is 9.97 Å². The fourth-order valence-corrected chi connectivity index (χ4v) is 4.94. The van der Waals surface area contributed by atoms with Crippen molar-refractivity contribution in [1.29, 1.82) is 0 Å². The van der Waals surface area contributed by atoms with E-state index in [1.165, 1.54) is 0 Å². The number of nitrogens with zero attached hydrogens (tertiary/aromatic N) is 4. The first-order valence-corrected chi connectivity index (χ1v) is 14.5. The lowest BCUT2D eigenvalue weighted by Crippen LogP contribution is -2.56. The molecule has 2 fully saturated rings. The van der Waals surface area contributed by atoms with E-state index >= 15 is 0 Å². The minimum atomic E-state index is -0.227. The minimum Gasteiger partial charge on any atom is -0.378 e. The van der Waals surface area contributed by atoms with E-state index in [0.717, 1.165) is 5.75 Å². The summed E-state index contributed by atoms with van der Waals surface area (Å²) in [5, 5.41) is 6.81. The lowest BCUT2D eigenvalue weighted by atomic mass is 9.92. The molecule has 2 N–H and O–H groups in total. The summed E-state index contributed by atoms with van der Waals surface area (Å²) in [6.07, 6.45) is 4.39. The van der Waals surface area contributed by atoms with Crippen LogP contribution < -0.4 is 10.6 Å². The number of rotatable bonds is 9. The zero-order valence-electron chi connectivity index (χ0n) is 23.6. The third-order valence-electron chi connectivity index (χ3n) is 6.55. The quantitative estimate of drug-likeness (QED) is 0.421. The first-order valence-electron chi connectivity index (χ1n) is 13.1. The van der Waals surface area contributed by atoms with Crippen LogP contribution in [0.2, 0.25) is 0 Å². The van der Waals surface area contributed by atoms with Gasteiger partial charge in [0.2, 0.25) is 5.91 Å². The molecule has 2 amide bonds. The molecule has 0 aliphatic carbocycles. The van der Waals surface area contributed by atoms with E-state index in [9.17, 15) is 9.59 Å². The molecule has 218 valence electrons. The topological polar surface area (TPSA) is 99.7 Å². The Kier molecular flexibility index (Phi) is 14.7. The van der Waals surface area contributed by atoms with Gasteiger partial charge in [-0.3, -0.25) is 9.59 Å². The van der Waals surface area contributed by atoms with Crippen LogP contribution in [0.25, 0.3) is 0 Å². The molecule has 0 spiro atoms. The first-order chi connectivity index (χ1) is 17.1. The number of aromatic nitrogens is 2. The van der Waals surface area contributed by atoms with E-state index in [1.54, 1.807) is 18.0 Å². The first kappa shape index (κ1) is 34.7. The van der Waals surface area contributed by atoms with Crippen LogP contribution >= 0.6 is 36.6 Å². The number of ether oxygens (including phenoxy) is 1. The summed E-state index contributed by atoms with van der Waals surface area (Å²) in [5.41, 5.74) is 0.265. The molecule has 12 heteroatoms. The fourth-order valence-electron chi connectivity index (χ4n) is 4.64. The molecule has 0 unspecified atom stereocenters. The van der Waals surface area contributed by atoms with Crippen LogP contribution in [0.1, 0.15) is 57.2 Å². The third-order valence-corrected chi connectivity index (χ3v) is 7.16. The highest BCUT2D eigenvalue weighted by atomic mass is 35.5. The molecule has 2 atom stereocenters. The highest BCUT2D eigenvalue weighted by Crippen LogP contribution is 2.26.